The molecule has 0 heterocycles. The van der Waals surface area contributed by atoms with E-state index in [1.165, 1.54) is 18.2 Å². The number of benzene rings is 1. The zero-order valence-corrected chi connectivity index (χ0v) is 7.36. The minimum Gasteiger partial charge on any atom is -0.504 e. The molecule has 0 amide bonds. The van der Waals surface area contributed by atoms with Crippen molar-refractivity contribution in [3.8, 4) is 11.5 Å². The lowest BCUT2D eigenvalue weighted by molar-refractivity contribution is 0.215. The summed E-state index contributed by atoms with van der Waals surface area (Å²) < 4.78 is 0. The summed E-state index contributed by atoms with van der Waals surface area (Å²) in [7, 11) is 0. The minimum atomic E-state index is -0.800. The fraction of sp³-hybridized carbons (Fsp3) is 0.200. The summed E-state index contributed by atoms with van der Waals surface area (Å²) >= 11 is 0. The largest absolute Gasteiger partial charge is 0.504 e. The van der Waals surface area contributed by atoms with Crippen molar-refractivity contribution in [1.82, 2.24) is 0 Å². The Morgan fingerprint density at radius 2 is 1.92 bits per heavy atom. The molecule has 1 aromatic rings. The second-order valence-corrected chi connectivity index (χ2v) is 3.00. The van der Waals surface area contributed by atoms with E-state index in [-0.39, 0.29) is 11.5 Å². The Morgan fingerprint density at radius 3 is 2.38 bits per heavy atom. The topological polar surface area (TPSA) is 60.7 Å². The Kier molecular flexibility index (Phi) is 2.58. The van der Waals surface area contributed by atoms with E-state index in [1.807, 2.05) is 0 Å². The van der Waals surface area contributed by atoms with E-state index in [2.05, 4.69) is 6.58 Å². The molecule has 3 N–H and O–H groups in total. The molecule has 0 aliphatic carbocycles. The Labute approximate surface area is 76.6 Å². The fourth-order valence-electron chi connectivity index (χ4n) is 0.995. The van der Waals surface area contributed by atoms with Gasteiger partial charge < -0.3 is 15.3 Å². The molecule has 0 bridgehead atoms. The Bertz CT molecular complexity index is 331. The molecule has 13 heavy (non-hydrogen) atoms. The molecule has 1 aromatic carbocycles. The van der Waals surface area contributed by atoms with E-state index in [0.717, 1.165) is 0 Å². The van der Waals surface area contributed by atoms with Crippen LogP contribution in [0.15, 0.2) is 30.4 Å². The maximum absolute atomic E-state index is 9.52. The molecule has 1 rings (SSSR count). The number of phenols is 2. The first-order valence-corrected chi connectivity index (χ1v) is 3.87. The lowest BCUT2D eigenvalue weighted by Crippen LogP contribution is -1.97. The first-order valence-electron chi connectivity index (χ1n) is 3.87. The zero-order valence-electron chi connectivity index (χ0n) is 7.36. The summed E-state index contributed by atoms with van der Waals surface area (Å²) in [6.07, 6.45) is -0.800. The number of aromatic hydroxyl groups is 2. The molecule has 1 unspecified atom stereocenters. The maximum atomic E-state index is 9.52. The van der Waals surface area contributed by atoms with Crippen molar-refractivity contribution in [3.63, 3.8) is 0 Å². The normalized spacial score (nSPS) is 12.5. The van der Waals surface area contributed by atoms with Crippen molar-refractivity contribution in [2.45, 2.75) is 13.0 Å². The second kappa shape index (κ2) is 3.49. The van der Waals surface area contributed by atoms with E-state index in [0.29, 0.717) is 11.1 Å². The predicted molar refractivity (Wildman–Crippen MR) is 49.5 cm³/mol. The van der Waals surface area contributed by atoms with Gasteiger partial charge in [0.25, 0.3) is 0 Å². The summed E-state index contributed by atoms with van der Waals surface area (Å²) in [4.78, 5) is 0. The summed E-state index contributed by atoms with van der Waals surface area (Å²) in [6, 6.07) is 4.18. The number of hydrogen-bond acceptors (Lipinski definition) is 3. The van der Waals surface area contributed by atoms with Crippen LogP contribution in [0.5, 0.6) is 11.5 Å². The second-order valence-electron chi connectivity index (χ2n) is 3.00. The monoisotopic (exact) mass is 180 g/mol. The average Bonchev–Trinajstić information content (AvgIpc) is 2.08. The lowest BCUT2D eigenvalue weighted by atomic mass is 10.0. The standard InChI is InChI=1S/C10H12O3/c1-6(2)10(13)7-3-4-8(11)9(12)5-7/h3-5,10-13H,1H2,2H3. The highest BCUT2D eigenvalue weighted by molar-refractivity contribution is 5.42. The first-order chi connectivity index (χ1) is 6.02. The highest BCUT2D eigenvalue weighted by Gasteiger charge is 2.09. The smallest absolute Gasteiger partial charge is 0.157 e. The average molecular weight is 180 g/mol. The highest BCUT2D eigenvalue weighted by Crippen LogP contribution is 2.29. The van der Waals surface area contributed by atoms with Crippen LogP contribution in [0.25, 0.3) is 0 Å². The van der Waals surface area contributed by atoms with Gasteiger partial charge in [0.1, 0.15) is 0 Å². The molecule has 0 saturated carbocycles. The van der Waals surface area contributed by atoms with Crippen LogP contribution in [0.3, 0.4) is 0 Å². The third-order valence-electron chi connectivity index (χ3n) is 1.78. The van der Waals surface area contributed by atoms with Gasteiger partial charge in [-0.05, 0) is 30.2 Å². The third-order valence-corrected chi connectivity index (χ3v) is 1.78. The van der Waals surface area contributed by atoms with Gasteiger partial charge in [0.2, 0.25) is 0 Å². The van der Waals surface area contributed by atoms with Gasteiger partial charge in [0, 0.05) is 0 Å². The van der Waals surface area contributed by atoms with Crippen LogP contribution in [-0.2, 0) is 0 Å². The minimum absolute atomic E-state index is 0.197. The molecule has 70 valence electrons. The molecule has 0 aromatic heterocycles. The first kappa shape index (κ1) is 9.61. The number of hydrogen-bond donors (Lipinski definition) is 3. The van der Waals surface area contributed by atoms with Gasteiger partial charge in [-0.25, -0.2) is 0 Å². The van der Waals surface area contributed by atoms with Crippen LogP contribution < -0.4 is 0 Å². The molecule has 0 aliphatic heterocycles. The molecule has 1 atom stereocenters. The quantitative estimate of drug-likeness (QED) is 0.479. The molecule has 0 radical (unpaired) electrons. The van der Waals surface area contributed by atoms with Crippen LogP contribution in [0.2, 0.25) is 0 Å². The van der Waals surface area contributed by atoms with Crippen LogP contribution >= 0.6 is 0 Å². The summed E-state index contributed by atoms with van der Waals surface area (Å²) in [5.41, 5.74) is 1.10. The van der Waals surface area contributed by atoms with Crippen molar-refractivity contribution in [2.75, 3.05) is 0 Å². The van der Waals surface area contributed by atoms with Crippen LogP contribution in [-0.4, -0.2) is 15.3 Å². The van der Waals surface area contributed by atoms with Crippen LogP contribution in [0.1, 0.15) is 18.6 Å². The van der Waals surface area contributed by atoms with Crippen molar-refractivity contribution >= 4 is 0 Å². The lowest BCUT2D eigenvalue weighted by Gasteiger charge is -2.10. The molecular formula is C10H12O3. The predicted octanol–water partition coefficient (Wildman–Crippen LogP) is 1.71. The van der Waals surface area contributed by atoms with Crippen molar-refractivity contribution < 1.29 is 15.3 Å². The number of rotatable bonds is 2. The molecule has 0 fully saturated rings. The Hall–Kier alpha value is -1.48. The summed E-state index contributed by atoms with van der Waals surface area (Å²) in [5, 5.41) is 27.7. The maximum Gasteiger partial charge on any atom is 0.157 e. The Morgan fingerprint density at radius 1 is 1.31 bits per heavy atom. The van der Waals surface area contributed by atoms with Crippen molar-refractivity contribution in [3.05, 3.63) is 35.9 Å². The van der Waals surface area contributed by atoms with E-state index in [9.17, 15) is 5.11 Å². The number of aliphatic hydroxyl groups is 1. The summed E-state index contributed by atoms with van der Waals surface area (Å²) in [6.45, 7) is 5.28. The number of phenolic OH excluding ortho intramolecular Hbond substituents is 2. The van der Waals surface area contributed by atoms with Crippen molar-refractivity contribution in [1.29, 1.82) is 0 Å². The van der Waals surface area contributed by atoms with E-state index < -0.39 is 6.10 Å². The molecule has 0 aliphatic rings. The zero-order chi connectivity index (χ0) is 10.0. The van der Waals surface area contributed by atoms with E-state index >= 15 is 0 Å². The van der Waals surface area contributed by atoms with Crippen LogP contribution in [0, 0.1) is 0 Å². The van der Waals surface area contributed by atoms with Crippen LogP contribution in [0.4, 0.5) is 0 Å². The number of aliphatic hydroxyl groups excluding tert-OH is 1. The van der Waals surface area contributed by atoms with Crippen molar-refractivity contribution in [2.24, 2.45) is 0 Å². The summed E-state index contributed by atoms with van der Waals surface area (Å²) in [5.74, 6) is -0.435. The van der Waals surface area contributed by atoms with Gasteiger partial charge in [-0.1, -0.05) is 12.6 Å². The third kappa shape index (κ3) is 2.00. The van der Waals surface area contributed by atoms with Gasteiger partial charge in [0.05, 0.1) is 6.10 Å². The molecular weight excluding hydrogens is 168 g/mol. The van der Waals surface area contributed by atoms with Gasteiger partial charge >= 0.3 is 0 Å². The Balaban J connectivity index is 3.03. The van der Waals surface area contributed by atoms with Gasteiger partial charge in [-0.2, -0.15) is 0 Å². The molecule has 3 nitrogen and oxygen atoms in total. The molecule has 3 heteroatoms. The van der Waals surface area contributed by atoms with Gasteiger partial charge in [-0.15, -0.1) is 0 Å². The highest BCUT2D eigenvalue weighted by atomic mass is 16.3. The van der Waals surface area contributed by atoms with Gasteiger partial charge in [0.15, 0.2) is 11.5 Å². The fourth-order valence-corrected chi connectivity index (χ4v) is 0.995. The van der Waals surface area contributed by atoms with E-state index in [4.69, 9.17) is 10.2 Å². The van der Waals surface area contributed by atoms with Gasteiger partial charge in [-0.3, -0.25) is 0 Å². The SMILES string of the molecule is C=C(C)C(O)c1ccc(O)c(O)c1. The molecule has 0 spiro atoms. The van der Waals surface area contributed by atoms with E-state index in [1.54, 1.807) is 6.92 Å². The molecule has 0 saturated heterocycles.